The van der Waals surface area contributed by atoms with E-state index in [2.05, 4.69) is 10.3 Å². The van der Waals surface area contributed by atoms with Crippen molar-refractivity contribution in [3.05, 3.63) is 64.3 Å². The number of rotatable bonds is 2. The molecule has 1 aromatic carbocycles. The Morgan fingerprint density at radius 1 is 1.18 bits per heavy atom. The predicted molar refractivity (Wildman–Crippen MR) is 61.4 cm³/mol. The highest BCUT2D eigenvalue weighted by atomic mass is 19.1. The molecule has 0 spiro atoms. The molecular weight excluding hydrogens is 223 g/mol. The molecule has 17 heavy (non-hydrogen) atoms. The van der Waals surface area contributed by atoms with E-state index in [1.807, 2.05) is 0 Å². The lowest BCUT2D eigenvalue weighted by Gasteiger charge is -2.05. The molecule has 4 nitrogen and oxygen atoms in total. The SMILES string of the molecule is O=C(Nc1ccccc1F)c1ccc(=O)[nH]c1. The number of amides is 1. The number of aromatic nitrogens is 1. The summed E-state index contributed by atoms with van der Waals surface area (Å²) >= 11 is 0. The average molecular weight is 232 g/mol. The standard InChI is InChI=1S/C12H9FN2O2/c13-9-3-1-2-4-10(9)15-12(17)8-5-6-11(16)14-7-8/h1-7H,(H,14,16)(H,15,17). The van der Waals surface area contributed by atoms with Gasteiger partial charge in [0.25, 0.3) is 5.91 Å². The molecule has 1 heterocycles. The molecule has 2 aromatic rings. The zero-order valence-electron chi connectivity index (χ0n) is 8.74. The monoisotopic (exact) mass is 232 g/mol. The minimum atomic E-state index is -0.509. The van der Waals surface area contributed by atoms with Crippen LogP contribution >= 0.6 is 0 Å². The Labute approximate surface area is 96.1 Å². The number of benzene rings is 1. The van der Waals surface area contributed by atoms with Crippen LogP contribution in [0.15, 0.2) is 47.4 Å². The van der Waals surface area contributed by atoms with Crippen LogP contribution in [-0.4, -0.2) is 10.9 Å². The van der Waals surface area contributed by atoms with Crippen molar-refractivity contribution >= 4 is 11.6 Å². The molecule has 1 aromatic heterocycles. The van der Waals surface area contributed by atoms with Crippen LogP contribution in [0.25, 0.3) is 0 Å². The van der Waals surface area contributed by atoms with E-state index in [-0.39, 0.29) is 16.8 Å². The highest BCUT2D eigenvalue weighted by molar-refractivity contribution is 6.04. The van der Waals surface area contributed by atoms with Gasteiger partial charge in [0.05, 0.1) is 11.3 Å². The number of aromatic amines is 1. The van der Waals surface area contributed by atoms with E-state index in [4.69, 9.17) is 0 Å². The second-order valence-electron chi connectivity index (χ2n) is 3.38. The fraction of sp³-hybridized carbons (Fsp3) is 0. The molecule has 86 valence electrons. The van der Waals surface area contributed by atoms with E-state index in [1.54, 1.807) is 6.07 Å². The first-order chi connectivity index (χ1) is 8.16. The highest BCUT2D eigenvalue weighted by Crippen LogP contribution is 2.13. The van der Waals surface area contributed by atoms with E-state index >= 15 is 0 Å². The van der Waals surface area contributed by atoms with Gasteiger partial charge in [0.15, 0.2) is 0 Å². The van der Waals surface area contributed by atoms with Gasteiger partial charge in [-0.2, -0.15) is 0 Å². The number of hydrogen-bond acceptors (Lipinski definition) is 2. The Bertz CT molecular complexity index is 587. The van der Waals surface area contributed by atoms with Gasteiger partial charge in [-0.15, -0.1) is 0 Å². The van der Waals surface area contributed by atoms with Gasteiger partial charge in [0, 0.05) is 12.3 Å². The van der Waals surface area contributed by atoms with Crippen molar-refractivity contribution in [1.29, 1.82) is 0 Å². The second-order valence-corrected chi connectivity index (χ2v) is 3.38. The lowest BCUT2D eigenvalue weighted by molar-refractivity contribution is 0.102. The minimum absolute atomic E-state index is 0.101. The van der Waals surface area contributed by atoms with Crippen LogP contribution in [-0.2, 0) is 0 Å². The molecule has 0 bridgehead atoms. The van der Waals surface area contributed by atoms with Crippen molar-refractivity contribution in [3.63, 3.8) is 0 Å². The van der Waals surface area contributed by atoms with Crippen molar-refractivity contribution in [2.75, 3.05) is 5.32 Å². The second kappa shape index (κ2) is 4.61. The summed E-state index contributed by atoms with van der Waals surface area (Å²) in [7, 11) is 0. The largest absolute Gasteiger partial charge is 0.328 e. The normalized spacial score (nSPS) is 9.94. The van der Waals surface area contributed by atoms with Crippen molar-refractivity contribution in [3.8, 4) is 0 Å². The number of pyridine rings is 1. The van der Waals surface area contributed by atoms with Gasteiger partial charge >= 0.3 is 0 Å². The number of carbonyl (C=O) groups is 1. The quantitative estimate of drug-likeness (QED) is 0.828. The Morgan fingerprint density at radius 3 is 2.59 bits per heavy atom. The molecule has 0 unspecified atom stereocenters. The first-order valence-corrected chi connectivity index (χ1v) is 4.91. The molecule has 0 aliphatic carbocycles. The molecule has 5 heteroatoms. The van der Waals surface area contributed by atoms with Crippen LogP contribution < -0.4 is 10.9 Å². The van der Waals surface area contributed by atoms with Gasteiger partial charge in [0.1, 0.15) is 5.82 Å². The Morgan fingerprint density at radius 2 is 1.94 bits per heavy atom. The number of H-pyrrole nitrogens is 1. The first kappa shape index (κ1) is 11.1. The van der Waals surface area contributed by atoms with E-state index < -0.39 is 11.7 Å². The lowest BCUT2D eigenvalue weighted by atomic mass is 10.2. The third kappa shape index (κ3) is 2.57. The van der Waals surface area contributed by atoms with Crippen LogP contribution in [0, 0.1) is 5.82 Å². The number of halogens is 1. The maximum absolute atomic E-state index is 13.3. The van der Waals surface area contributed by atoms with E-state index in [0.29, 0.717) is 0 Å². The van der Waals surface area contributed by atoms with Crippen LogP contribution in [0.4, 0.5) is 10.1 Å². The van der Waals surface area contributed by atoms with Gasteiger partial charge in [-0.05, 0) is 18.2 Å². The number of anilines is 1. The molecule has 0 saturated heterocycles. The lowest BCUT2D eigenvalue weighted by Crippen LogP contribution is -2.15. The average Bonchev–Trinajstić information content (AvgIpc) is 2.33. The van der Waals surface area contributed by atoms with E-state index in [9.17, 15) is 14.0 Å². The number of carbonyl (C=O) groups excluding carboxylic acids is 1. The summed E-state index contributed by atoms with van der Waals surface area (Å²) in [5.41, 5.74) is 0.0593. The summed E-state index contributed by atoms with van der Waals surface area (Å²) in [6.07, 6.45) is 1.28. The zero-order valence-corrected chi connectivity index (χ0v) is 8.74. The third-order valence-corrected chi connectivity index (χ3v) is 2.17. The third-order valence-electron chi connectivity index (χ3n) is 2.17. The Kier molecular flexibility index (Phi) is 3.00. The molecule has 2 N–H and O–H groups in total. The molecule has 1 amide bonds. The van der Waals surface area contributed by atoms with Crippen LogP contribution in [0.2, 0.25) is 0 Å². The molecule has 0 atom stereocenters. The number of nitrogens with one attached hydrogen (secondary N) is 2. The molecule has 0 aliphatic heterocycles. The molecule has 0 radical (unpaired) electrons. The van der Waals surface area contributed by atoms with Crippen LogP contribution in [0.3, 0.4) is 0 Å². The fourth-order valence-electron chi connectivity index (χ4n) is 1.31. The van der Waals surface area contributed by atoms with Crippen LogP contribution in [0.5, 0.6) is 0 Å². The van der Waals surface area contributed by atoms with Crippen LogP contribution in [0.1, 0.15) is 10.4 Å². The number of hydrogen-bond donors (Lipinski definition) is 2. The summed E-state index contributed by atoms with van der Waals surface area (Å²) < 4.78 is 13.3. The van der Waals surface area contributed by atoms with Gasteiger partial charge in [-0.1, -0.05) is 12.1 Å². The van der Waals surface area contributed by atoms with Crippen molar-refractivity contribution in [2.45, 2.75) is 0 Å². The van der Waals surface area contributed by atoms with Crippen molar-refractivity contribution in [2.24, 2.45) is 0 Å². The van der Waals surface area contributed by atoms with Gasteiger partial charge in [-0.3, -0.25) is 9.59 Å². The topological polar surface area (TPSA) is 62.0 Å². The number of para-hydroxylation sites is 1. The van der Waals surface area contributed by atoms with Gasteiger partial charge in [-0.25, -0.2) is 4.39 Å². The molecule has 0 fully saturated rings. The summed E-state index contributed by atoms with van der Waals surface area (Å²) in [5.74, 6) is -0.989. The van der Waals surface area contributed by atoms with Gasteiger partial charge in [0.2, 0.25) is 5.56 Å². The minimum Gasteiger partial charge on any atom is -0.328 e. The van der Waals surface area contributed by atoms with Gasteiger partial charge < -0.3 is 10.3 Å². The Balaban J connectivity index is 2.20. The smallest absolute Gasteiger partial charge is 0.257 e. The fourth-order valence-corrected chi connectivity index (χ4v) is 1.31. The maximum atomic E-state index is 13.3. The van der Waals surface area contributed by atoms with E-state index in [0.717, 1.165) is 0 Å². The summed E-state index contributed by atoms with van der Waals surface area (Å²) in [4.78, 5) is 24.9. The molecule has 0 aliphatic rings. The molecular formula is C12H9FN2O2. The zero-order chi connectivity index (χ0) is 12.3. The van der Waals surface area contributed by atoms with Crippen molar-refractivity contribution < 1.29 is 9.18 Å². The maximum Gasteiger partial charge on any atom is 0.257 e. The van der Waals surface area contributed by atoms with E-state index in [1.165, 1.54) is 36.5 Å². The molecule has 2 rings (SSSR count). The summed E-state index contributed by atoms with van der Waals surface area (Å²) in [6.45, 7) is 0. The van der Waals surface area contributed by atoms with Crippen molar-refractivity contribution in [1.82, 2.24) is 4.98 Å². The summed E-state index contributed by atoms with van der Waals surface area (Å²) in [6, 6.07) is 8.46. The molecule has 0 saturated carbocycles. The highest BCUT2D eigenvalue weighted by Gasteiger charge is 2.08. The first-order valence-electron chi connectivity index (χ1n) is 4.91. The predicted octanol–water partition coefficient (Wildman–Crippen LogP) is 1.77. The summed E-state index contributed by atoms with van der Waals surface area (Å²) in [5, 5.41) is 2.41. The Hall–Kier alpha value is -2.43.